The van der Waals surface area contributed by atoms with E-state index in [4.69, 9.17) is 6.57 Å². The van der Waals surface area contributed by atoms with Crippen LogP contribution >= 0.6 is 0 Å². The quantitative estimate of drug-likeness (QED) is 0.128. The lowest BCUT2D eigenvalue weighted by molar-refractivity contribution is 1.14. The lowest BCUT2D eigenvalue weighted by Gasteiger charge is -2.35. The molecule has 2 aliphatic rings. The monoisotopic (exact) mass is 870 g/mol. The van der Waals surface area contributed by atoms with Crippen molar-refractivity contribution in [1.29, 1.82) is 5.26 Å². The molecular weight excluding hydrogens is 836 g/mol. The average molecular weight is 871 g/mol. The van der Waals surface area contributed by atoms with E-state index in [1.807, 2.05) is 12.1 Å². The number of nitriles is 1. The summed E-state index contributed by atoms with van der Waals surface area (Å²) < 4.78 is 5.03. The Morgan fingerprint density at radius 2 is 0.928 bits per heavy atom. The van der Waals surface area contributed by atoms with Crippen molar-refractivity contribution in [2.45, 2.75) is 0 Å². The van der Waals surface area contributed by atoms with Crippen molar-refractivity contribution in [1.82, 2.24) is 9.13 Å². The van der Waals surface area contributed by atoms with Gasteiger partial charge in [-0.3, -0.25) is 0 Å². The summed E-state index contributed by atoms with van der Waals surface area (Å²) in [6, 6.07) is 79.4. The lowest BCUT2D eigenvalue weighted by Crippen LogP contribution is -2.59. The van der Waals surface area contributed by atoms with Gasteiger partial charge in [0.15, 0.2) is 5.69 Å². The summed E-state index contributed by atoms with van der Waals surface area (Å²) in [6.45, 7) is 8.03. The summed E-state index contributed by atoms with van der Waals surface area (Å²) in [5, 5.41) is 19.6. The van der Waals surface area contributed by atoms with E-state index in [-0.39, 0.29) is 6.71 Å². The van der Waals surface area contributed by atoms with Crippen molar-refractivity contribution in [2.24, 2.45) is 0 Å². The fraction of sp³-hybridized carbons (Fsp3) is 0. The van der Waals surface area contributed by atoms with Crippen LogP contribution in [0.1, 0.15) is 5.56 Å². The van der Waals surface area contributed by atoms with Gasteiger partial charge in [0.2, 0.25) is 0 Å². The zero-order valence-electron chi connectivity index (χ0n) is 37.1. The molecule has 0 spiro atoms. The Balaban J connectivity index is 1.18. The summed E-state index contributed by atoms with van der Waals surface area (Å²) >= 11 is 0. The first kappa shape index (κ1) is 37.8. The van der Waals surface area contributed by atoms with E-state index in [1.54, 1.807) is 0 Å². The molecule has 0 atom stereocenters. The molecule has 4 nitrogen and oxygen atoms in total. The molecule has 2 aromatic heterocycles. The highest BCUT2D eigenvalue weighted by Crippen LogP contribution is 2.48. The maximum atomic E-state index is 10.4. The molecule has 0 N–H and O–H groups in total. The Labute approximate surface area is 397 Å². The fourth-order valence-electron chi connectivity index (χ4n) is 12.3. The van der Waals surface area contributed by atoms with Gasteiger partial charge >= 0.3 is 0 Å². The molecule has 0 amide bonds. The van der Waals surface area contributed by atoms with Crippen LogP contribution in [0.15, 0.2) is 212 Å². The van der Waals surface area contributed by atoms with Gasteiger partial charge in [-0.05, 0) is 142 Å². The molecule has 0 saturated heterocycles. The minimum atomic E-state index is -0.129. The molecule has 5 heteroatoms. The van der Waals surface area contributed by atoms with Crippen LogP contribution in [0.25, 0.3) is 126 Å². The minimum Gasteiger partial charge on any atom is -0.310 e. The molecule has 69 heavy (non-hydrogen) atoms. The molecule has 0 bridgehead atoms. The van der Waals surface area contributed by atoms with Crippen LogP contribution in [0.5, 0.6) is 0 Å². The van der Waals surface area contributed by atoms with E-state index in [2.05, 4.69) is 220 Å². The third-order valence-electron chi connectivity index (χ3n) is 15.0. The molecule has 0 radical (unpaired) electrons. The highest BCUT2D eigenvalue weighted by atomic mass is 15.0. The van der Waals surface area contributed by atoms with Crippen LogP contribution in [-0.2, 0) is 0 Å². The maximum absolute atomic E-state index is 10.4. The zero-order chi connectivity index (χ0) is 45.5. The van der Waals surface area contributed by atoms with Crippen LogP contribution in [0.3, 0.4) is 0 Å². The molecule has 0 aliphatic carbocycles. The van der Waals surface area contributed by atoms with Gasteiger partial charge in [0.25, 0.3) is 6.71 Å². The van der Waals surface area contributed by atoms with Crippen molar-refractivity contribution in [2.75, 3.05) is 0 Å². The molecule has 0 saturated carbocycles. The van der Waals surface area contributed by atoms with Crippen molar-refractivity contribution < 1.29 is 0 Å². The fourth-order valence-corrected chi connectivity index (χ4v) is 12.3. The van der Waals surface area contributed by atoms with Gasteiger partial charge in [-0.15, -0.1) is 0 Å². The predicted octanol–water partition coefficient (Wildman–Crippen LogP) is 14.4. The first-order valence-electron chi connectivity index (χ1n) is 23.5. The molecule has 15 rings (SSSR count). The van der Waals surface area contributed by atoms with Crippen LogP contribution in [0, 0.1) is 17.9 Å². The molecule has 2 aliphatic heterocycles. The topological polar surface area (TPSA) is 38.0 Å². The Morgan fingerprint density at radius 1 is 0.435 bits per heavy atom. The Kier molecular flexibility index (Phi) is 7.69. The van der Waals surface area contributed by atoms with E-state index in [9.17, 15) is 5.26 Å². The summed E-state index contributed by atoms with van der Waals surface area (Å²) in [5.74, 6) is 0. The molecule has 314 valence electrons. The Morgan fingerprint density at radius 3 is 1.46 bits per heavy atom. The zero-order valence-corrected chi connectivity index (χ0v) is 37.1. The molecule has 4 heterocycles. The van der Waals surface area contributed by atoms with Gasteiger partial charge in [-0.1, -0.05) is 158 Å². The molecule has 0 fully saturated rings. The largest absolute Gasteiger partial charge is 0.310 e. The number of rotatable bonds is 4. The van der Waals surface area contributed by atoms with Gasteiger partial charge in [-0.25, -0.2) is 4.85 Å². The molecule has 11 aromatic carbocycles. The number of nitrogens with zero attached hydrogens (tertiary/aromatic N) is 4. The maximum Gasteiger partial charge on any atom is 0.252 e. The van der Waals surface area contributed by atoms with E-state index in [0.29, 0.717) is 11.3 Å². The van der Waals surface area contributed by atoms with Crippen molar-refractivity contribution >= 4 is 93.9 Å². The summed E-state index contributed by atoms with van der Waals surface area (Å²) in [6.07, 6.45) is 0. The second-order valence-corrected chi connectivity index (χ2v) is 18.6. The average Bonchev–Trinajstić information content (AvgIpc) is 3.95. The third kappa shape index (κ3) is 5.16. The van der Waals surface area contributed by atoms with Crippen LogP contribution in [0.2, 0.25) is 0 Å². The smallest absolute Gasteiger partial charge is 0.252 e. The standard InChI is InChI=1S/C64H35BN4/c1-67-46-26-28-56-52(36-46)61-48-24-14-12-22-43(48)33-54-64(61)69(56)58-35-45(59-49(40-17-7-3-8-18-40)30-44(39-15-5-2-6-16-39)31-50(59)41-19-9-4-10-20-41)34-57-62(58)65(54)53-32-42-21-11-13-23-47(42)60-51-29-38(37-66)25-27-55(51)68(57)63(53)60/h2-36H. The molecular formula is C64H35BN4. The minimum absolute atomic E-state index is 0.129. The molecule has 0 unspecified atom stereocenters. The Bertz CT molecular complexity index is 4230. The van der Waals surface area contributed by atoms with Crippen molar-refractivity contribution in [3.05, 3.63) is 229 Å². The second-order valence-electron chi connectivity index (χ2n) is 18.6. The highest BCUT2D eigenvalue weighted by molar-refractivity contribution is 7.00. The van der Waals surface area contributed by atoms with Crippen molar-refractivity contribution in [3.63, 3.8) is 0 Å². The van der Waals surface area contributed by atoms with Gasteiger partial charge in [-0.2, -0.15) is 5.26 Å². The number of hydrogen-bond donors (Lipinski definition) is 0. The van der Waals surface area contributed by atoms with Gasteiger partial charge in [0, 0.05) is 33.1 Å². The summed E-state index contributed by atoms with van der Waals surface area (Å²) in [7, 11) is 0. The SMILES string of the molecule is [C-]#[N+]c1ccc2c(c1)c1c3ccccc3cc3c1n2-c1cc(-c2c(-c4ccccc4)cc(-c4ccccc4)cc2-c2ccccc2)cc2c1B3c1cc3ccccc3c3c4cc(C#N)ccc4n-2c13. The number of benzene rings is 11. The normalized spacial score (nSPS) is 12.3. The lowest BCUT2D eigenvalue weighted by atomic mass is 9.34. The predicted molar refractivity (Wildman–Crippen MR) is 288 cm³/mol. The number of aromatic nitrogens is 2. The highest BCUT2D eigenvalue weighted by Gasteiger charge is 2.42. The van der Waals surface area contributed by atoms with Gasteiger partial charge < -0.3 is 9.13 Å². The van der Waals surface area contributed by atoms with Crippen LogP contribution < -0.4 is 16.4 Å². The number of hydrogen-bond acceptors (Lipinski definition) is 1. The van der Waals surface area contributed by atoms with Crippen LogP contribution in [0.4, 0.5) is 5.69 Å². The second kappa shape index (κ2) is 14.1. The van der Waals surface area contributed by atoms with Crippen molar-refractivity contribution in [3.8, 4) is 62.0 Å². The Hall–Kier alpha value is -9.42. The first-order valence-corrected chi connectivity index (χ1v) is 23.5. The van der Waals surface area contributed by atoms with Crippen LogP contribution in [-0.4, -0.2) is 15.8 Å². The summed E-state index contributed by atoms with van der Waals surface area (Å²) in [5.41, 5.74) is 20.9. The number of fused-ring (bicyclic) bond motifs is 14. The molecule has 13 aromatic rings. The van der Waals surface area contributed by atoms with E-state index >= 15 is 0 Å². The van der Waals surface area contributed by atoms with E-state index in [0.717, 1.165) is 77.7 Å². The van der Waals surface area contributed by atoms with E-state index in [1.165, 1.54) is 59.7 Å². The van der Waals surface area contributed by atoms with E-state index < -0.39 is 0 Å². The van der Waals surface area contributed by atoms with Gasteiger partial charge in [0.1, 0.15) is 0 Å². The first-order chi connectivity index (χ1) is 34.1. The summed E-state index contributed by atoms with van der Waals surface area (Å²) in [4.78, 5) is 3.97. The van der Waals surface area contributed by atoms with Gasteiger partial charge in [0.05, 0.1) is 34.8 Å². The third-order valence-corrected chi connectivity index (χ3v) is 15.0.